The van der Waals surface area contributed by atoms with Crippen molar-refractivity contribution in [2.45, 2.75) is 31.9 Å². The smallest absolute Gasteiger partial charge is 0.224 e. The molecule has 3 rings (SSSR count). The highest BCUT2D eigenvalue weighted by Crippen LogP contribution is 2.19. The predicted molar refractivity (Wildman–Crippen MR) is 106 cm³/mol. The van der Waals surface area contributed by atoms with Crippen LogP contribution in [0.3, 0.4) is 0 Å². The number of rotatable bonds is 7. The van der Waals surface area contributed by atoms with Gasteiger partial charge in [0.15, 0.2) is 0 Å². The fraction of sp³-hybridized carbons (Fsp3) is 0.409. The number of likely N-dealkylation sites (tertiary alicyclic amines) is 1. The van der Waals surface area contributed by atoms with Gasteiger partial charge in [0.2, 0.25) is 5.91 Å². The lowest BCUT2D eigenvalue weighted by Gasteiger charge is -2.29. The summed E-state index contributed by atoms with van der Waals surface area (Å²) >= 11 is 0. The third kappa shape index (κ3) is 6.00. The largest absolute Gasteiger partial charge is 0.497 e. The van der Waals surface area contributed by atoms with Gasteiger partial charge in [-0.1, -0.05) is 24.3 Å². The molecular weight excluding hydrogens is 340 g/mol. The molecule has 27 heavy (non-hydrogen) atoms. The number of benzene rings is 2. The van der Waals surface area contributed by atoms with Gasteiger partial charge < -0.3 is 19.7 Å². The van der Waals surface area contributed by atoms with Crippen molar-refractivity contribution >= 4 is 5.91 Å². The van der Waals surface area contributed by atoms with Gasteiger partial charge in [-0.2, -0.15) is 0 Å². The molecule has 2 aromatic rings. The molecule has 0 aliphatic carbocycles. The Morgan fingerprint density at radius 1 is 1.00 bits per heavy atom. The van der Waals surface area contributed by atoms with Crippen LogP contribution in [0.2, 0.25) is 0 Å². The number of piperidine rings is 1. The summed E-state index contributed by atoms with van der Waals surface area (Å²) in [5.74, 6) is 1.70. The number of methoxy groups -OCH3 is 1. The summed E-state index contributed by atoms with van der Waals surface area (Å²) in [7, 11) is 3.78. The van der Waals surface area contributed by atoms with Crippen LogP contribution in [0.15, 0.2) is 48.5 Å². The number of carbonyl (C=O) groups is 1. The van der Waals surface area contributed by atoms with Crippen molar-refractivity contribution in [3.8, 4) is 11.5 Å². The summed E-state index contributed by atoms with van der Waals surface area (Å²) in [5, 5.41) is 2.97. The maximum atomic E-state index is 12.1. The second kappa shape index (κ2) is 9.42. The molecule has 1 fully saturated rings. The van der Waals surface area contributed by atoms with E-state index in [0.717, 1.165) is 48.6 Å². The minimum Gasteiger partial charge on any atom is -0.497 e. The van der Waals surface area contributed by atoms with Crippen LogP contribution in [0.4, 0.5) is 0 Å². The van der Waals surface area contributed by atoms with Crippen LogP contribution in [-0.2, 0) is 17.8 Å². The molecule has 1 aliphatic rings. The molecule has 1 saturated heterocycles. The molecule has 5 heteroatoms. The third-order valence-corrected chi connectivity index (χ3v) is 4.91. The number of nitrogens with zero attached hydrogens (tertiary/aromatic N) is 1. The van der Waals surface area contributed by atoms with Gasteiger partial charge in [0.25, 0.3) is 0 Å². The Labute approximate surface area is 161 Å². The predicted octanol–water partition coefficient (Wildman–Crippen LogP) is 3.03. The molecule has 1 aliphatic heterocycles. The van der Waals surface area contributed by atoms with E-state index in [2.05, 4.69) is 17.3 Å². The van der Waals surface area contributed by atoms with Crippen molar-refractivity contribution in [1.82, 2.24) is 10.2 Å². The minimum atomic E-state index is 0.00631. The maximum absolute atomic E-state index is 12.1. The molecule has 5 nitrogen and oxygen atoms in total. The number of ether oxygens (including phenoxy) is 2. The Morgan fingerprint density at radius 3 is 2.22 bits per heavy atom. The average Bonchev–Trinajstić information content (AvgIpc) is 2.70. The summed E-state index contributed by atoms with van der Waals surface area (Å²) in [4.78, 5) is 14.5. The summed E-state index contributed by atoms with van der Waals surface area (Å²) in [6.07, 6.45) is 2.80. The first-order chi connectivity index (χ1) is 13.1. The van der Waals surface area contributed by atoms with Crippen molar-refractivity contribution in [3.63, 3.8) is 0 Å². The van der Waals surface area contributed by atoms with Gasteiger partial charge in [0.05, 0.1) is 13.5 Å². The molecule has 0 radical (unpaired) electrons. The Hall–Kier alpha value is -2.53. The average molecular weight is 368 g/mol. The van der Waals surface area contributed by atoms with E-state index in [4.69, 9.17) is 9.47 Å². The lowest BCUT2D eigenvalue weighted by molar-refractivity contribution is -0.120. The van der Waals surface area contributed by atoms with Gasteiger partial charge in [-0.3, -0.25) is 4.79 Å². The van der Waals surface area contributed by atoms with E-state index >= 15 is 0 Å². The van der Waals surface area contributed by atoms with Crippen LogP contribution in [0, 0.1) is 0 Å². The normalized spacial score (nSPS) is 15.3. The molecule has 1 N–H and O–H groups in total. The summed E-state index contributed by atoms with van der Waals surface area (Å²) in [6, 6.07) is 15.6. The van der Waals surface area contributed by atoms with E-state index in [1.165, 1.54) is 0 Å². The second-order valence-corrected chi connectivity index (χ2v) is 7.07. The lowest BCUT2D eigenvalue weighted by Crippen LogP contribution is -2.35. The zero-order valence-corrected chi connectivity index (χ0v) is 16.1. The third-order valence-electron chi connectivity index (χ3n) is 4.91. The van der Waals surface area contributed by atoms with E-state index in [1.54, 1.807) is 7.11 Å². The van der Waals surface area contributed by atoms with E-state index in [9.17, 15) is 4.79 Å². The Morgan fingerprint density at radius 2 is 1.59 bits per heavy atom. The lowest BCUT2D eigenvalue weighted by atomic mass is 10.1. The van der Waals surface area contributed by atoms with Crippen molar-refractivity contribution in [2.75, 3.05) is 27.2 Å². The number of hydrogen-bond donors (Lipinski definition) is 1. The van der Waals surface area contributed by atoms with E-state index in [-0.39, 0.29) is 5.91 Å². The summed E-state index contributed by atoms with van der Waals surface area (Å²) < 4.78 is 11.2. The van der Waals surface area contributed by atoms with E-state index < -0.39 is 0 Å². The van der Waals surface area contributed by atoms with Crippen LogP contribution < -0.4 is 14.8 Å². The van der Waals surface area contributed by atoms with Gasteiger partial charge in [-0.15, -0.1) is 0 Å². The van der Waals surface area contributed by atoms with Crippen LogP contribution in [0.5, 0.6) is 11.5 Å². The van der Waals surface area contributed by atoms with Crippen molar-refractivity contribution in [3.05, 3.63) is 59.7 Å². The minimum absolute atomic E-state index is 0.00631. The second-order valence-electron chi connectivity index (χ2n) is 7.07. The SMILES string of the molecule is COc1ccc(CC(=O)NCc2ccc(OC3CCN(C)CC3)cc2)cc1. The fourth-order valence-corrected chi connectivity index (χ4v) is 3.17. The topological polar surface area (TPSA) is 50.8 Å². The molecular formula is C22H28N2O3. The molecule has 0 saturated carbocycles. The maximum Gasteiger partial charge on any atom is 0.224 e. The Balaban J connectivity index is 1.43. The van der Waals surface area contributed by atoms with Crippen LogP contribution >= 0.6 is 0 Å². The first-order valence-corrected chi connectivity index (χ1v) is 9.46. The van der Waals surface area contributed by atoms with Gasteiger partial charge >= 0.3 is 0 Å². The highest BCUT2D eigenvalue weighted by molar-refractivity contribution is 5.78. The zero-order valence-electron chi connectivity index (χ0n) is 16.1. The molecule has 0 atom stereocenters. The Kier molecular flexibility index (Phi) is 6.71. The molecule has 144 valence electrons. The number of hydrogen-bond acceptors (Lipinski definition) is 4. The fourth-order valence-electron chi connectivity index (χ4n) is 3.17. The highest BCUT2D eigenvalue weighted by atomic mass is 16.5. The number of amides is 1. The molecule has 1 amide bonds. The zero-order chi connectivity index (χ0) is 19.1. The molecule has 2 aromatic carbocycles. The Bertz CT molecular complexity index is 720. The van der Waals surface area contributed by atoms with Gasteiger partial charge in [0, 0.05) is 19.6 Å². The van der Waals surface area contributed by atoms with Gasteiger partial charge in [-0.05, 0) is 55.3 Å². The molecule has 1 heterocycles. The molecule has 0 aromatic heterocycles. The van der Waals surface area contributed by atoms with E-state index in [0.29, 0.717) is 19.1 Å². The monoisotopic (exact) mass is 368 g/mol. The van der Waals surface area contributed by atoms with Crippen LogP contribution in [-0.4, -0.2) is 44.2 Å². The first-order valence-electron chi connectivity index (χ1n) is 9.46. The van der Waals surface area contributed by atoms with Crippen molar-refractivity contribution in [1.29, 1.82) is 0 Å². The molecule has 0 spiro atoms. The summed E-state index contributed by atoms with van der Waals surface area (Å²) in [6.45, 7) is 2.69. The number of carbonyl (C=O) groups excluding carboxylic acids is 1. The summed E-state index contributed by atoms with van der Waals surface area (Å²) in [5.41, 5.74) is 2.03. The van der Waals surface area contributed by atoms with Crippen molar-refractivity contribution in [2.24, 2.45) is 0 Å². The molecule has 0 bridgehead atoms. The first kappa shape index (κ1) is 19.2. The highest BCUT2D eigenvalue weighted by Gasteiger charge is 2.17. The van der Waals surface area contributed by atoms with Crippen molar-refractivity contribution < 1.29 is 14.3 Å². The number of nitrogens with one attached hydrogen (secondary N) is 1. The van der Waals surface area contributed by atoms with Gasteiger partial charge in [0.1, 0.15) is 17.6 Å². The quantitative estimate of drug-likeness (QED) is 0.816. The standard InChI is InChI=1S/C22H28N2O3/c1-24-13-11-21(12-14-24)27-20-9-5-18(6-10-20)16-23-22(25)15-17-3-7-19(26-2)8-4-17/h3-10,21H,11-16H2,1-2H3,(H,23,25). The van der Waals surface area contributed by atoms with Gasteiger partial charge in [-0.25, -0.2) is 0 Å². The van der Waals surface area contributed by atoms with E-state index in [1.807, 2.05) is 48.5 Å². The van der Waals surface area contributed by atoms with Crippen LogP contribution in [0.25, 0.3) is 0 Å². The van der Waals surface area contributed by atoms with Crippen LogP contribution in [0.1, 0.15) is 24.0 Å². The molecule has 0 unspecified atom stereocenters.